The van der Waals surface area contributed by atoms with E-state index in [0.29, 0.717) is 18.8 Å². The second-order valence-corrected chi connectivity index (χ2v) is 7.20. The van der Waals surface area contributed by atoms with E-state index in [1.165, 1.54) is 16.9 Å². The van der Waals surface area contributed by atoms with Crippen molar-refractivity contribution in [3.63, 3.8) is 0 Å². The zero-order chi connectivity index (χ0) is 15.9. The lowest BCUT2D eigenvalue weighted by atomic mass is 10.3. The van der Waals surface area contributed by atoms with E-state index in [2.05, 4.69) is 10.4 Å². The summed E-state index contributed by atoms with van der Waals surface area (Å²) >= 11 is 0. The van der Waals surface area contributed by atoms with Crippen LogP contribution in [0.1, 0.15) is 0 Å². The van der Waals surface area contributed by atoms with E-state index < -0.39 is 15.4 Å². The number of sulfone groups is 1. The molecule has 0 spiro atoms. The number of hydrogen-bond acceptors (Lipinski definition) is 6. The van der Waals surface area contributed by atoms with Gasteiger partial charge >= 0.3 is 0 Å². The van der Waals surface area contributed by atoms with E-state index in [4.69, 9.17) is 0 Å². The average Bonchev–Trinajstić information content (AvgIpc) is 2.46. The largest absolute Gasteiger partial charge is 0.352 e. The van der Waals surface area contributed by atoms with E-state index >= 15 is 0 Å². The van der Waals surface area contributed by atoms with Crippen molar-refractivity contribution in [2.45, 2.75) is 16.3 Å². The molecule has 0 unspecified atom stereocenters. The van der Waals surface area contributed by atoms with Crippen LogP contribution in [0.15, 0.2) is 45.0 Å². The lowest BCUT2D eigenvalue weighted by Gasteiger charge is -2.21. The van der Waals surface area contributed by atoms with Crippen molar-refractivity contribution in [3.05, 3.63) is 40.8 Å². The molecule has 124 valence electrons. The Kier molecular flexibility index (Phi) is 4.79. The first kappa shape index (κ1) is 17.5. The molecule has 23 heavy (non-hydrogen) atoms. The maximum absolute atomic E-state index is 12.7. The summed E-state index contributed by atoms with van der Waals surface area (Å²) in [5.74, 6) is 0. The number of fused-ring (bicyclic) bond motifs is 2. The molecule has 0 saturated heterocycles. The standard InChI is InChI=1S/C14H16N4O3S.ClH/c1-17(2)7-8-18-14(19)13-11(9-15-18)16-10-5-3-4-6-12(10)22(13,20)21;/h3-6,9,16H,7-8H2,1-2H3;1H. The fourth-order valence-electron chi connectivity index (χ4n) is 2.33. The first-order valence-corrected chi connectivity index (χ1v) is 8.25. The Morgan fingerprint density at radius 1 is 1.22 bits per heavy atom. The van der Waals surface area contributed by atoms with Crippen LogP contribution in [0, 0.1) is 0 Å². The van der Waals surface area contributed by atoms with Crippen LogP contribution in [0.25, 0.3) is 0 Å². The Morgan fingerprint density at radius 2 is 1.91 bits per heavy atom. The highest BCUT2D eigenvalue weighted by atomic mass is 35.5. The van der Waals surface area contributed by atoms with E-state index in [9.17, 15) is 13.2 Å². The highest BCUT2D eigenvalue weighted by Crippen LogP contribution is 2.36. The molecular formula is C14H17ClN4O3S. The van der Waals surface area contributed by atoms with Crippen LogP contribution in [-0.2, 0) is 16.4 Å². The second kappa shape index (κ2) is 6.31. The van der Waals surface area contributed by atoms with Gasteiger partial charge in [-0.2, -0.15) is 5.10 Å². The third-order valence-corrected chi connectivity index (χ3v) is 5.34. The van der Waals surface area contributed by atoms with Crippen molar-refractivity contribution in [3.8, 4) is 0 Å². The summed E-state index contributed by atoms with van der Waals surface area (Å²) in [6.07, 6.45) is 1.39. The molecule has 1 aromatic carbocycles. The maximum Gasteiger partial charge on any atom is 0.288 e. The van der Waals surface area contributed by atoms with Gasteiger partial charge < -0.3 is 10.2 Å². The molecule has 0 bridgehead atoms. The minimum atomic E-state index is -3.84. The SMILES string of the molecule is CN(C)CCn1ncc2c(c1=O)S(=O)(=O)c1ccccc1N2.Cl. The normalized spacial score (nSPS) is 14.4. The predicted octanol–water partition coefficient (Wildman–Crippen LogP) is 1.12. The van der Waals surface area contributed by atoms with Gasteiger partial charge in [-0.05, 0) is 26.2 Å². The van der Waals surface area contributed by atoms with Crippen LogP contribution in [0.5, 0.6) is 0 Å². The number of hydrogen-bond donors (Lipinski definition) is 1. The van der Waals surface area contributed by atoms with Crippen molar-refractivity contribution in [2.24, 2.45) is 0 Å². The van der Waals surface area contributed by atoms with Crippen molar-refractivity contribution >= 4 is 33.6 Å². The van der Waals surface area contributed by atoms with Gasteiger partial charge in [-0.25, -0.2) is 13.1 Å². The summed E-state index contributed by atoms with van der Waals surface area (Å²) < 4.78 is 26.6. The van der Waals surface area contributed by atoms with Crippen molar-refractivity contribution in [1.82, 2.24) is 14.7 Å². The number of para-hydroxylation sites is 1. The lowest BCUT2D eigenvalue weighted by Crippen LogP contribution is -2.33. The molecule has 9 heteroatoms. The van der Waals surface area contributed by atoms with Gasteiger partial charge in [0.15, 0.2) is 4.90 Å². The Morgan fingerprint density at radius 3 is 2.61 bits per heavy atom. The molecule has 0 amide bonds. The molecule has 1 aliphatic heterocycles. The number of anilines is 2. The quantitative estimate of drug-likeness (QED) is 0.757. The molecular weight excluding hydrogens is 340 g/mol. The molecule has 0 saturated carbocycles. The summed E-state index contributed by atoms with van der Waals surface area (Å²) in [6.45, 7) is 0.923. The van der Waals surface area contributed by atoms with Crippen molar-refractivity contribution in [2.75, 3.05) is 26.0 Å². The van der Waals surface area contributed by atoms with Crippen LogP contribution in [0.2, 0.25) is 0 Å². The predicted molar refractivity (Wildman–Crippen MR) is 89.5 cm³/mol. The summed E-state index contributed by atoms with van der Waals surface area (Å²) in [4.78, 5) is 14.3. The molecule has 3 rings (SSSR count). The minimum Gasteiger partial charge on any atom is -0.352 e. The smallest absolute Gasteiger partial charge is 0.288 e. The molecule has 2 aromatic rings. The Labute approximate surface area is 140 Å². The Balaban J connectivity index is 0.00000192. The maximum atomic E-state index is 12.7. The summed E-state index contributed by atoms with van der Waals surface area (Å²) in [6, 6.07) is 6.52. The molecule has 2 heterocycles. The van der Waals surface area contributed by atoms with Crippen LogP contribution < -0.4 is 10.9 Å². The van der Waals surface area contributed by atoms with E-state index in [1.54, 1.807) is 18.2 Å². The van der Waals surface area contributed by atoms with E-state index in [0.717, 1.165) is 0 Å². The fourth-order valence-corrected chi connectivity index (χ4v) is 3.95. The molecule has 0 atom stereocenters. The molecule has 0 radical (unpaired) electrons. The number of nitrogens with zero attached hydrogens (tertiary/aromatic N) is 3. The number of aromatic nitrogens is 2. The first-order valence-electron chi connectivity index (χ1n) is 6.77. The lowest BCUT2D eigenvalue weighted by molar-refractivity contribution is 0.366. The molecule has 1 aliphatic rings. The monoisotopic (exact) mass is 356 g/mol. The van der Waals surface area contributed by atoms with Gasteiger partial charge in [-0.1, -0.05) is 12.1 Å². The highest BCUT2D eigenvalue weighted by molar-refractivity contribution is 7.92. The second-order valence-electron chi connectivity index (χ2n) is 5.34. The first-order chi connectivity index (χ1) is 10.4. The number of rotatable bonds is 3. The average molecular weight is 357 g/mol. The van der Waals surface area contributed by atoms with Gasteiger partial charge in [0.2, 0.25) is 9.84 Å². The molecule has 0 aliphatic carbocycles. The third kappa shape index (κ3) is 2.97. The van der Waals surface area contributed by atoms with Crippen LogP contribution >= 0.6 is 12.4 Å². The van der Waals surface area contributed by atoms with Crippen molar-refractivity contribution < 1.29 is 8.42 Å². The molecule has 1 aromatic heterocycles. The number of halogens is 1. The van der Waals surface area contributed by atoms with Crippen LogP contribution in [0.3, 0.4) is 0 Å². The zero-order valence-corrected chi connectivity index (χ0v) is 14.3. The third-order valence-electron chi connectivity index (χ3n) is 3.47. The zero-order valence-electron chi connectivity index (χ0n) is 12.7. The van der Waals surface area contributed by atoms with Gasteiger partial charge in [0.05, 0.1) is 29.0 Å². The number of likely N-dealkylation sites (N-methyl/N-ethyl adjacent to an activating group) is 1. The van der Waals surface area contributed by atoms with Gasteiger partial charge in [-0.15, -0.1) is 12.4 Å². The molecule has 7 nitrogen and oxygen atoms in total. The minimum absolute atomic E-state index is 0. The van der Waals surface area contributed by atoms with E-state index in [-0.39, 0.29) is 27.9 Å². The summed E-state index contributed by atoms with van der Waals surface area (Å²) in [7, 11) is -0.0965. The highest BCUT2D eigenvalue weighted by Gasteiger charge is 2.33. The van der Waals surface area contributed by atoms with Crippen molar-refractivity contribution in [1.29, 1.82) is 0 Å². The number of benzene rings is 1. The van der Waals surface area contributed by atoms with Gasteiger partial charge in [0, 0.05) is 6.54 Å². The van der Waals surface area contributed by atoms with E-state index in [1.807, 2.05) is 19.0 Å². The summed E-state index contributed by atoms with van der Waals surface area (Å²) in [5.41, 5.74) is 0.0911. The number of nitrogens with one attached hydrogen (secondary N) is 1. The molecule has 1 N–H and O–H groups in total. The van der Waals surface area contributed by atoms with Gasteiger partial charge in [-0.3, -0.25) is 4.79 Å². The van der Waals surface area contributed by atoms with Gasteiger partial charge in [0.1, 0.15) is 0 Å². The van der Waals surface area contributed by atoms with Crippen LogP contribution in [0.4, 0.5) is 11.4 Å². The fraction of sp³-hybridized carbons (Fsp3) is 0.286. The van der Waals surface area contributed by atoms with Crippen LogP contribution in [-0.4, -0.2) is 43.7 Å². The Bertz CT molecular complexity index is 893. The molecule has 0 fully saturated rings. The Hall–Kier alpha value is -1.90. The topological polar surface area (TPSA) is 84.3 Å². The van der Waals surface area contributed by atoms with Gasteiger partial charge in [0.25, 0.3) is 5.56 Å². The summed E-state index contributed by atoms with van der Waals surface area (Å²) in [5, 5.41) is 7.02.